The molecule has 3 heterocycles. The highest BCUT2D eigenvalue weighted by Gasteiger charge is 2.44. The van der Waals surface area contributed by atoms with E-state index in [-0.39, 0.29) is 12.0 Å². The van der Waals surface area contributed by atoms with Gasteiger partial charge in [-0.25, -0.2) is 4.79 Å². The highest BCUT2D eigenvalue weighted by atomic mass is 19.4. The number of carboxylic acids is 1. The molecule has 3 aliphatic rings. The lowest BCUT2D eigenvalue weighted by Crippen LogP contribution is -2.31. The van der Waals surface area contributed by atoms with Gasteiger partial charge in [-0.3, -0.25) is 9.78 Å². The number of halogens is 3. The van der Waals surface area contributed by atoms with Crippen LogP contribution in [0.25, 0.3) is 0 Å². The quantitative estimate of drug-likeness (QED) is 0.465. The number of aliphatic carboxylic acids is 1. The summed E-state index contributed by atoms with van der Waals surface area (Å²) in [6, 6.07) is 5.88. The monoisotopic (exact) mass is 484 g/mol. The number of nitrogens with zero attached hydrogens (tertiary/aromatic N) is 2. The van der Waals surface area contributed by atoms with Crippen LogP contribution >= 0.6 is 0 Å². The molecule has 188 valence electrons. The van der Waals surface area contributed by atoms with Crippen molar-refractivity contribution in [2.45, 2.75) is 57.4 Å². The van der Waals surface area contributed by atoms with Crippen LogP contribution in [-0.4, -0.2) is 65.5 Å². The number of rotatable bonds is 7. The highest BCUT2D eigenvalue weighted by Crippen LogP contribution is 2.36. The zero-order chi connectivity index (χ0) is 24.6. The molecule has 4 rings (SSSR count). The number of carbonyl (C=O) groups is 2. The van der Waals surface area contributed by atoms with Gasteiger partial charge in [0.25, 0.3) is 0 Å². The van der Waals surface area contributed by atoms with Crippen molar-refractivity contribution in [1.29, 1.82) is 0 Å². The Morgan fingerprint density at radius 1 is 1.24 bits per heavy atom. The lowest BCUT2D eigenvalue weighted by molar-refractivity contribution is -0.192. The van der Waals surface area contributed by atoms with Crippen LogP contribution in [0.4, 0.5) is 13.2 Å². The van der Waals surface area contributed by atoms with Crippen molar-refractivity contribution in [2.24, 2.45) is 11.8 Å². The second-order valence-corrected chi connectivity index (χ2v) is 8.84. The minimum Gasteiger partial charge on any atom is -0.475 e. The Labute approximate surface area is 196 Å². The number of aromatic nitrogens is 1. The van der Waals surface area contributed by atoms with Crippen molar-refractivity contribution in [3.05, 3.63) is 41.7 Å². The van der Waals surface area contributed by atoms with Crippen molar-refractivity contribution in [2.75, 3.05) is 26.3 Å². The lowest BCUT2D eigenvalue weighted by Gasteiger charge is -2.21. The molecule has 0 bridgehead atoms. The molecule has 7 nitrogen and oxygen atoms in total. The molecular formula is C24H31F3N2O5. The molecule has 2 saturated heterocycles. The maximum Gasteiger partial charge on any atom is 0.490 e. The van der Waals surface area contributed by atoms with Gasteiger partial charge in [0.2, 0.25) is 5.91 Å². The van der Waals surface area contributed by atoms with Gasteiger partial charge in [0.1, 0.15) is 0 Å². The molecule has 0 spiro atoms. The van der Waals surface area contributed by atoms with E-state index in [2.05, 4.69) is 11.1 Å². The molecule has 1 aromatic heterocycles. The van der Waals surface area contributed by atoms with Crippen LogP contribution in [0, 0.1) is 11.8 Å². The van der Waals surface area contributed by atoms with E-state index in [0.717, 1.165) is 44.7 Å². The molecule has 0 radical (unpaired) electrons. The molecular weight excluding hydrogens is 453 g/mol. The predicted molar refractivity (Wildman–Crippen MR) is 117 cm³/mol. The SMILES string of the molecule is O=C(CC1=CCCCC1)N1C[C@H]2[C@@H](CCOCc3ccccn3)CO[C@H]2C1.O=C(O)C(F)(F)F. The molecule has 0 unspecified atom stereocenters. The van der Waals surface area contributed by atoms with E-state index in [1.165, 1.54) is 18.4 Å². The largest absolute Gasteiger partial charge is 0.490 e. The number of alkyl halides is 3. The number of amides is 1. The average Bonchev–Trinajstić information content (AvgIpc) is 3.39. The van der Waals surface area contributed by atoms with Crippen molar-refractivity contribution in [3.8, 4) is 0 Å². The minimum atomic E-state index is -5.08. The molecule has 34 heavy (non-hydrogen) atoms. The van der Waals surface area contributed by atoms with Crippen molar-refractivity contribution >= 4 is 11.9 Å². The van der Waals surface area contributed by atoms with Crippen molar-refractivity contribution in [1.82, 2.24) is 9.88 Å². The number of hydrogen-bond acceptors (Lipinski definition) is 5. The Kier molecular flexibility index (Phi) is 9.46. The highest BCUT2D eigenvalue weighted by molar-refractivity contribution is 5.79. The fraction of sp³-hybridized carbons (Fsp3) is 0.625. The van der Waals surface area contributed by atoms with E-state index >= 15 is 0 Å². The van der Waals surface area contributed by atoms with E-state index in [0.29, 0.717) is 31.5 Å². The maximum atomic E-state index is 12.7. The molecule has 2 aliphatic heterocycles. The molecule has 1 aliphatic carbocycles. The van der Waals surface area contributed by atoms with Gasteiger partial charge in [0.15, 0.2) is 0 Å². The van der Waals surface area contributed by atoms with Gasteiger partial charge in [0.05, 0.1) is 25.0 Å². The predicted octanol–water partition coefficient (Wildman–Crippen LogP) is 3.99. The topological polar surface area (TPSA) is 89.0 Å². The molecule has 0 aromatic carbocycles. The fourth-order valence-electron chi connectivity index (χ4n) is 4.57. The van der Waals surface area contributed by atoms with Crippen LogP contribution in [-0.2, 0) is 25.7 Å². The Bertz CT molecular complexity index is 847. The van der Waals surface area contributed by atoms with E-state index in [9.17, 15) is 18.0 Å². The van der Waals surface area contributed by atoms with Crippen LogP contribution in [0.15, 0.2) is 36.0 Å². The van der Waals surface area contributed by atoms with Crippen molar-refractivity contribution < 1.29 is 37.3 Å². The molecule has 10 heteroatoms. The Morgan fingerprint density at radius 3 is 2.68 bits per heavy atom. The molecule has 3 atom stereocenters. The first-order valence-corrected chi connectivity index (χ1v) is 11.6. The molecule has 1 N–H and O–H groups in total. The fourth-order valence-corrected chi connectivity index (χ4v) is 4.57. The molecule has 1 amide bonds. The Morgan fingerprint density at radius 2 is 2.03 bits per heavy atom. The van der Waals surface area contributed by atoms with Gasteiger partial charge in [-0.05, 0) is 50.2 Å². The van der Waals surface area contributed by atoms with E-state index in [1.54, 1.807) is 6.20 Å². The summed E-state index contributed by atoms with van der Waals surface area (Å²) in [6.45, 7) is 3.69. The van der Waals surface area contributed by atoms with Gasteiger partial charge in [0, 0.05) is 38.2 Å². The molecule has 0 saturated carbocycles. The van der Waals surface area contributed by atoms with Gasteiger partial charge < -0.3 is 19.5 Å². The van der Waals surface area contributed by atoms with Gasteiger partial charge in [-0.1, -0.05) is 17.7 Å². The molecule has 2 fully saturated rings. The smallest absolute Gasteiger partial charge is 0.475 e. The van der Waals surface area contributed by atoms with Crippen LogP contribution in [0.5, 0.6) is 0 Å². The standard InChI is InChI=1S/C22H30N2O3.C2HF3O2/c25-22(12-17-6-2-1-3-7-17)24-13-20-18(15-27-21(20)14-24)9-11-26-16-19-8-4-5-10-23-19;3-2(4,5)1(6)7/h4-6,8,10,18,20-21H,1-3,7,9,11-16H2;(H,6,7)/t18-,20-,21-;/m0./s1. The normalized spacial score (nSPS) is 24.1. The van der Waals surface area contributed by atoms with Crippen LogP contribution in [0.2, 0.25) is 0 Å². The average molecular weight is 485 g/mol. The van der Waals surface area contributed by atoms with E-state index < -0.39 is 12.1 Å². The third-order valence-electron chi connectivity index (χ3n) is 6.41. The van der Waals surface area contributed by atoms with Gasteiger partial charge in [-0.2, -0.15) is 13.2 Å². The maximum absolute atomic E-state index is 12.7. The van der Waals surface area contributed by atoms with Crippen LogP contribution in [0.3, 0.4) is 0 Å². The van der Waals surface area contributed by atoms with E-state index in [1.807, 2.05) is 23.1 Å². The first kappa shape index (κ1) is 26.2. The zero-order valence-corrected chi connectivity index (χ0v) is 19.0. The second kappa shape index (κ2) is 12.3. The third kappa shape index (κ3) is 7.80. The summed E-state index contributed by atoms with van der Waals surface area (Å²) >= 11 is 0. The summed E-state index contributed by atoms with van der Waals surface area (Å²) in [6.07, 6.45) is 5.53. The number of carboxylic acid groups (broad SMARTS) is 1. The second-order valence-electron chi connectivity index (χ2n) is 8.84. The van der Waals surface area contributed by atoms with Gasteiger partial charge >= 0.3 is 12.1 Å². The van der Waals surface area contributed by atoms with Crippen LogP contribution in [0.1, 0.15) is 44.2 Å². The number of pyridine rings is 1. The van der Waals surface area contributed by atoms with Gasteiger partial charge in [-0.15, -0.1) is 0 Å². The summed E-state index contributed by atoms with van der Waals surface area (Å²) in [5.41, 5.74) is 2.30. The number of fused-ring (bicyclic) bond motifs is 1. The number of ether oxygens (including phenoxy) is 2. The Balaban J connectivity index is 0.000000406. The third-order valence-corrected chi connectivity index (χ3v) is 6.41. The van der Waals surface area contributed by atoms with Crippen molar-refractivity contribution in [3.63, 3.8) is 0 Å². The number of hydrogen-bond donors (Lipinski definition) is 1. The summed E-state index contributed by atoms with van der Waals surface area (Å²) in [5, 5.41) is 7.12. The zero-order valence-electron chi connectivity index (χ0n) is 19.0. The summed E-state index contributed by atoms with van der Waals surface area (Å²) in [7, 11) is 0. The number of carbonyl (C=O) groups excluding carboxylic acids is 1. The Hall–Kier alpha value is -2.46. The number of allylic oxidation sites excluding steroid dienone is 1. The lowest BCUT2D eigenvalue weighted by atomic mass is 9.91. The first-order valence-electron chi connectivity index (χ1n) is 11.6. The van der Waals surface area contributed by atoms with Crippen LogP contribution < -0.4 is 0 Å². The first-order chi connectivity index (χ1) is 16.2. The minimum absolute atomic E-state index is 0.218. The molecule has 1 aromatic rings. The van der Waals surface area contributed by atoms with E-state index in [4.69, 9.17) is 19.4 Å². The summed E-state index contributed by atoms with van der Waals surface area (Å²) in [4.78, 5) is 27.9. The number of likely N-dealkylation sites (tertiary alicyclic amines) is 1. The summed E-state index contributed by atoms with van der Waals surface area (Å²) in [5.74, 6) is -1.52. The summed E-state index contributed by atoms with van der Waals surface area (Å²) < 4.78 is 43.5.